The van der Waals surface area contributed by atoms with Crippen molar-refractivity contribution >= 4 is 5.71 Å². The average Bonchev–Trinajstić information content (AvgIpc) is 1.59. The molecule has 0 bridgehead atoms. The molecule has 0 aliphatic carbocycles. The lowest BCUT2D eigenvalue weighted by Crippen LogP contribution is -2.09. The van der Waals surface area contributed by atoms with E-state index in [4.69, 9.17) is 5.26 Å². The molecule has 0 atom stereocenters. The topological polar surface area (TPSA) is 36.1 Å². The predicted molar refractivity (Wildman–Crippen MR) is 42.8 cm³/mol. The third-order valence-corrected chi connectivity index (χ3v) is 1.03. The van der Waals surface area contributed by atoms with Crippen molar-refractivity contribution in [1.82, 2.24) is 0 Å². The lowest BCUT2D eigenvalue weighted by molar-refractivity contribution is 0.433. The Morgan fingerprint density at radius 1 is 1.50 bits per heavy atom. The summed E-state index contributed by atoms with van der Waals surface area (Å²) in [5, 5.41) is 8.20. The molecular formula is C8H14N2. The highest BCUT2D eigenvalue weighted by molar-refractivity contribution is 5.83. The molecule has 56 valence electrons. The Bertz CT molecular complexity index is 167. The van der Waals surface area contributed by atoms with Gasteiger partial charge in [0.25, 0.3) is 0 Å². The van der Waals surface area contributed by atoms with Gasteiger partial charge in [0, 0.05) is 5.71 Å². The van der Waals surface area contributed by atoms with Crippen molar-refractivity contribution in [3.05, 3.63) is 0 Å². The third kappa shape index (κ3) is 5.30. The highest BCUT2D eigenvalue weighted by Crippen LogP contribution is 2.18. The highest BCUT2D eigenvalue weighted by atomic mass is 14.7. The highest BCUT2D eigenvalue weighted by Gasteiger charge is 2.10. The van der Waals surface area contributed by atoms with Gasteiger partial charge >= 0.3 is 0 Å². The van der Waals surface area contributed by atoms with Gasteiger partial charge in [-0.15, -0.1) is 0 Å². The Morgan fingerprint density at radius 3 is 2.30 bits per heavy atom. The monoisotopic (exact) mass is 138 g/mol. The van der Waals surface area contributed by atoms with Crippen LogP contribution in [-0.2, 0) is 0 Å². The SMILES string of the molecule is CC(CC(C)(C)C)=NC#N. The molecule has 0 saturated heterocycles. The van der Waals surface area contributed by atoms with Gasteiger partial charge in [0.1, 0.15) is 0 Å². The molecule has 0 unspecified atom stereocenters. The van der Waals surface area contributed by atoms with E-state index in [0.29, 0.717) is 0 Å². The molecule has 0 saturated carbocycles. The van der Waals surface area contributed by atoms with Crippen LogP contribution in [0.25, 0.3) is 0 Å². The zero-order chi connectivity index (χ0) is 8.20. The van der Waals surface area contributed by atoms with Crippen molar-refractivity contribution in [1.29, 1.82) is 5.26 Å². The molecule has 0 radical (unpaired) electrons. The second-order valence-electron chi connectivity index (χ2n) is 3.68. The van der Waals surface area contributed by atoms with Crippen LogP contribution in [-0.4, -0.2) is 5.71 Å². The fourth-order valence-corrected chi connectivity index (χ4v) is 0.892. The van der Waals surface area contributed by atoms with Crippen LogP contribution < -0.4 is 0 Å². The third-order valence-electron chi connectivity index (χ3n) is 1.03. The average molecular weight is 138 g/mol. The fraction of sp³-hybridized carbons (Fsp3) is 0.750. The molecule has 0 aromatic carbocycles. The van der Waals surface area contributed by atoms with Crippen LogP contribution in [0.3, 0.4) is 0 Å². The van der Waals surface area contributed by atoms with Crippen molar-refractivity contribution in [3.8, 4) is 6.19 Å². The van der Waals surface area contributed by atoms with Gasteiger partial charge in [-0.2, -0.15) is 10.3 Å². The number of hydrogen-bond acceptors (Lipinski definition) is 2. The van der Waals surface area contributed by atoms with E-state index in [-0.39, 0.29) is 5.41 Å². The van der Waals surface area contributed by atoms with E-state index >= 15 is 0 Å². The minimum absolute atomic E-state index is 0.241. The molecule has 10 heavy (non-hydrogen) atoms. The van der Waals surface area contributed by atoms with Gasteiger partial charge in [0.15, 0.2) is 0 Å². The van der Waals surface area contributed by atoms with Gasteiger partial charge in [0.2, 0.25) is 6.19 Å². The van der Waals surface area contributed by atoms with Crippen LogP contribution in [0.4, 0.5) is 0 Å². The predicted octanol–water partition coefficient (Wildman–Crippen LogP) is 2.36. The van der Waals surface area contributed by atoms with Gasteiger partial charge in [-0.25, -0.2) is 0 Å². The Morgan fingerprint density at radius 2 is 2.00 bits per heavy atom. The first-order chi connectivity index (χ1) is 4.45. The van der Waals surface area contributed by atoms with Crippen LogP contribution in [0.1, 0.15) is 34.1 Å². The van der Waals surface area contributed by atoms with Gasteiger partial charge < -0.3 is 0 Å². The first kappa shape index (κ1) is 9.16. The molecule has 2 heteroatoms. The quantitative estimate of drug-likeness (QED) is 0.404. The molecule has 0 rings (SSSR count). The molecule has 0 spiro atoms. The van der Waals surface area contributed by atoms with E-state index in [1.54, 1.807) is 6.19 Å². The number of nitrogens with zero attached hydrogens (tertiary/aromatic N) is 2. The maximum Gasteiger partial charge on any atom is 0.205 e. The molecule has 0 fully saturated rings. The summed E-state index contributed by atoms with van der Waals surface area (Å²) in [6.45, 7) is 8.27. The maximum atomic E-state index is 8.20. The zero-order valence-corrected chi connectivity index (χ0v) is 7.10. The van der Waals surface area contributed by atoms with Gasteiger partial charge in [-0.1, -0.05) is 20.8 Å². The van der Waals surface area contributed by atoms with Crippen molar-refractivity contribution in [3.63, 3.8) is 0 Å². The van der Waals surface area contributed by atoms with E-state index in [1.807, 2.05) is 6.92 Å². The van der Waals surface area contributed by atoms with Crippen LogP contribution in [0.2, 0.25) is 0 Å². The summed E-state index contributed by atoms with van der Waals surface area (Å²) in [5.74, 6) is 0. The van der Waals surface area contributed by atoms with Crippen molar-refractivity contribution in [2.75, 3.05) is 0 Å². The molecule has 0 aliphatic rings. The minimum atomic E-state index is 0.241. The molecule has 0 amide bonds. The molecule has 0 aromatic heterocycles. The van der Waals surface area contributed by atoms with Gasteiger partial charge in [-0.3, -0.25) is 0 Å². The summed E-state index contributed by atoms with van der Waals surface area (Å²) in [6, 6.07) is 0. The van der Waals surface area contributed by atoms with Crippen LogP contribution in [0, 0.1) is 16.9 Å². The number of aliphatic imine (C=N–C) groups is 1. The van der Waals surface area contributed by atoms with Crippen molar-refractivity contribution in [2.45, 2.75) is 34.1 Å². The Balaban J connectivity index is 3.95. The zero-order valence-electron chi connectivity index (χ0n) is 7.10. The first-order valence-corrected chi connectivity index (χ1v) is 3.38. The second kappa shape index (κ2) is 3.36. The van der Waals surface area contributed by atoms with E-state index in [2.05, 4.69) is 25.8 Å². The number of hydrogen-bond donors (Lipinski definition) is 0. The van der Waals surface area contributed by atoms with Gasteiger partial charge in [0.05, 0.1) is 0 Å². The molecule has 0 heterocycles. The van der Waals surface area contributed by atoms with E-state index < -0.39 is 0 Å². The maximum absolute atomic E-state index is 8.20. The molecular weight excluding hydrogens is 124 g/mol. The summed E-state index contributed by atoms with van der Waals surface area (Å²) in [7, 11) is 0. The summed E-state index contributed by atoms with van der Waals surface area (Å²) in [4.78, 5) is 3.63. The minimum Gasteiger partial charge on any atom is -0.183 e. The van der Waals surface area contributed by atoms with Crippen LogP contribution in [0.15, 0.2) is 4.99 Å². The summed E-state index contributed by atoms with van der Waals surface area (Å²) in [5.41, 5.74) is 1.15. The molecule has 0 aromatic rings. The molecule has 0 N–H and O–H groups in total. The van der Waals surface area contributed by atoms with Crippen molar-refractivity contribution in [2.24, 2.45) is 10.4 Å². The lowest BCUT2D eigenvalue weighted by atomic mass is 9.90. The van der Waals surface area contributed by atoms with E-state index in [1.165, 1.54) is 0 Å². The number of nitriles is 1. The lowest BCUT2D eigenvalue weighted by Gasteiger charge is -2.16. The van der Waals surface area contributed by atoms with Crippen molar-refractivity contribution < 1.29 is 0 Å². The standard InChI is InChI=1S/C8H14N2/c1-7(10-6-9)5-8(2,3)4/h5H2,1-4H3. The fourth-order valence-electron chi connectivity index (χ4n) is 0.892. The van der Waals surface area contributed by atoms with E-state index in [9.17, 15) is 0 Å². The van der Waals surface area contributed by atoms with Crippen LogP contribution in [0.5, 0.6) is 0 Å². The molecule has 0 aliphatic heterocycles. The Kier molecular flexibility index (Phi) is 3.08. The Hall–Kier alpha value is -0.840. The summed E-state index contributed by atoms with van der Waals surface area (Å²) >= 11 is 0. The Labute approximate surface area is 62.6 Å². The molecule has 2 nitrogen and oxygen atoms in total. The van der Waals surface area contributed by atoms with Gasteiger partial charge in [-0.05, 0) is 18.8 Å². The second-order valence-corrected chi connectivity index (χ2v) is 3.68. The largest absolute Gasteiger partial charge is 0.205 e. The summed E-state index contributed by atoms with van der Waals surface area (Å²) in [6.07, 6.45) is 2.67. The first-order valence-electron chi connectivity index (χ1n) is 3.38. The van der Waals surface area contributed by atoms with Crippen LogP contribution >= 0.6 is 0 Å². The summed E-state index contributed by atoms with van der Waals surface area (Å²) < 4.78 is 0. The normalized spacial score (nSPS) is 12.9. The van der Waals surface area contributed by atoms with E-state index in [0.717, 1.165) is 12.1 Å². The smallest absolute Gasteiger partial charge is 0.183 e. The number of rotatable bonds is 1.